The van der Waals surface area contributed by atoms with Gasteiger partial charge in [0.1, 0.15) is 6.04 Å². The largest absolute Gasteiger partial charge is 0.465 e. The maximum absolute atomic E-state index is 11.8. The molecule has 6 heteroatoms. The molecule has 0 heterocycles. The van der Waals surface area contributed by atoms with Gasteiger partial charge < -0.3 is 21.1 Å². The smallest absolute Gasteiger partial charge is 0.323 e. The van der Waals surface area contributed by atoms with E-state index in [1.54, 1.807) is 14.0 Å². The lowest BCUT2D eigenvalue weighted by molar-refractivity contribution is -0.145. The highest BCUT2D eigenvalue weighted by Crippen LogP contribution is 2.21. The van der Waals surface area contributed by atoms with E-state index in [-0.39, 0.29) is 24.0 Å². The summed E-state index contributed by atoms with van der Waals surface area (Å²) in [4.78, 5) is 22.9. The third-order valence-electron chi connectivity index (χ3n) is 3.26. The van der Waals surface area contributed by atoms with Crippen LogP contribution in [0.4, 0.5) is 0 Å². The Morgan fingerprint density at radius 1 is 1.32 bits per heavy atom. The van der Waals surface area contributed by atoms with Crippen molar-refractivity contribution < 1.29 is 14.3 Å². The lowest BCUT2D eigenvalue weighted by Crippen LogP contribution is -2.41. The number of primary amides is 1. The van der Waals surface area contributed by atoms with E-state index >= 15 is 0 Å². The number of rotatable bonds is 10. The number of nitrogens with two attached hydrogens (primary N) is 1. The molecule has 0 aliphatic heterocycles. The molecular weight excluding hydrogens is 246 g/mol. The summed E-state index contributed by atoms with van der Waals surface area (Å²) in [7, 11) is 1.71. The highest BCUT2D eigenvalue weighted by molar-refractivity contribution is 5.79. The first kappa shape index (κ1) is 15.9. The van der Waals surface area contributed by atoms with Crippen molar-refractivity contribution in [2.24, 2.45) is 5.73 Å². The van der Waals surface area contributed by atoms with Crippen LogP contribution in [0.5, 0.6) is 0 Å². The maximum atomic E-state index is 11.8. The number of hydrogen-bond acceptors (Lipinski definition) is 5. The molecule has 19 heavy (non-hydrogen) atoms. The number of nitrogens with one attached hydrogen (secondary N) is 2. The van der Waals surface area contributed by atoms with Crippen molar-refractivity contribution in [3.05, 3.63) is 0 Å². The van der Waals surface area contributed by atoms with Crippen molar-refractivity contribution in [1.29, 1.82) is 0 Å². The van der Waals surface area contributed by atoms with Crippen LogP contribution in [0.1, 0.15) is 39.0 Å². The first-order valence-corrected chi connectivity index (χ1v) is 6.97. The van der Waals surface area contributed by atoms with Crippen LogP contribution in [0, 0.1) is 0 Å². The zero-order valence-corrected chi connectivity index (χ0v) is 11.8. The first-order valence-electron chi connectivity index (χ1n) is 6.97. The Morgan fingerprint density at radius 3 is 2.42 bits per heavy atom. The van der Waals surface area contributed by atoms with Gasteiger partial charge in [-0.25, -0.2) is 0 Å². The van der Waals surface area contributed by atoms with Crippen LogP contribution in [0.2, 0.25) is 0 Å². The molecule has 2 unspecified atom stereocenters. The van der Waals surface area contributed by atoms with Crippen molar-refractivity contribution >= 4 is 11.9 Å². The molecular formula is C13H25N3O3. The quantitative estimate of drug-likeness (QED) is 0.483. The normalized spacial score (nSPS) is 17.8. The Bertz CT molecular complexity index is 306. The number of ether oxygens (including phenoxy) is 1. The van der Waals surface area contributed by atoms with E-state index in [4.69, 9.17) is 10.5 Å². The van der Waals surface area contributed by atoms with E-state index in [0.717, 1.165) is 19.3 Å². The maximum Gasteiger partial charge on any atom is 0.323 e. The molecule has 1 amide bonds. The fraction of sp³-hybridized carbons (Fsp3) is 0.846. The van der Waals surface area contributed by atoms with Gasteiger partial charge in [-0.2, -0.15) is 0 Å². The summed E-state index contributed by atoms with van der Waals surface area (Å²) < 4.78 is 5.06. The molecule has 0 bridgehead atoms. The molecule has 6 nitrogen and oxygen atoms in total. The monoisotopic (exact) mass is 271 g/mol. The van der Waals surface area contributed by atoms with E-state index in [2.05, 4.69) is 10.6 Å². The fourth-order valence-electron chi connectivity index (χ4n) is 2.00. The summed E-state index contributed by atoms with van der Waals surface area (Å²) >= 11 is 0. The van der Waals surface area contributed by atoms with Gasteiger partial charge in [0, 0.05) is 6.04 Å². The standard InChI is InChI=1S/C13H25N3O3/c1-3-19-13(18)11(16-9-7-8-9)6-4-5-10(15-2)12(14)17/h9-11,15-16H,3-8H2,1-2H3,(H2,14,17). The van der Waals surface area contributed by atoms with E-state index < -0.39 is 0 Å². The highest BCUT2D eigenvalue weighted by atomic mass is 16.5. The second-order valence-electron chi connectivity index (χ2n) is 4.92. The van der Waals surface area contributed by atoms with Crippen molar-refractivity contribution in [3.63, 3.8) is 0 Å². The van der Waals surface area contributed by atoms with Gasteiger partial charge in [0.05, 0.1) is 12.6 Å². The molecule has 110 valence electrons. The van der Waals surface area contributed by atoms with Crippen molar-refractivity contribution in [2.45, 2.75) is 57.2 Å². The van der Waals surface area contributed by atoms with Crippen LogP contribution in [0.3, 0.4) is 0 Å². The molecule has 1 saturated carbocycles. The van der Waals surface area contributed by atoms with Gasteiger partial charge >= 0.3 is 5.97 Å². The minimum absolute atomic E-state index is 0.200. The van der Waals surface area contributed by atoms with E-state index in [9.17, 15) is 9.59 Å². The van der Waals surface area contributed by atoms with E-state index in [1.165, 1.54) is 0 Å². The number of amides is 1. The Hall–Kier alpha value is -1.14. The van der Waals surface area contributed by atoms with Gasteiger partial charge in [-0.1, -0.05) is 0 Å². The Kier molecular flexibility index (Phi) is 6.80. The fourth-order valence-corrected chi connectivity index (χ4v) is 2.00. The number of likely N-dealkylation sites (N-methyl/N-ethyl adjacent to an activating group) is 1. The van der Waals surface area contributed by atoms with Crippen LogP contribution in [-0.4, -0.2) is 43.7 Å². The molecule has 2 atom stereocenters. The molecule has 1 fully saturated rings. The van der Waals surface area contributed by atoms with Crippen LogP contribution < -0.4 is 16.4 Å². The second-order valence-corrected chi connectivity index (χ2v) is 4.92. The average Bonchev–Trinajstić information content (AvgIpc) is 3.16. The van der Waals surface area contributed by atoms with Gasteiger partial charge in [0.15, 0.2) is 0 Å². The number of esters is 1. The number of carbonyl (C=O) groups excluding carboxylic acids is 2. The minimum Gasteiger partial charge on any atom is -0.465 e. The average molecular weight is 271 g/mol. The Morgan fingerprint density at radius 2 is 1.95 bits per heavy atom. The molecule has 0 aromatic heterocycles. The van der Waals surface area contributed by atoms with E-state index in [1.807, 2.05) is 0 Å². The predicted molar refractivity (Wildman–Crippen MR) is 72.5 cm³/mol. The van der Waals surface area contributed by atoms with Gasteiger partial charge in [-0.3, -0.25) is 9.59 Å². The Labute approximate surface area is 114 Å². The molecule has 0 aromatic carbocycles. The Balaban J connectivity index is 2.34. The summed E-state index contributed by atoms with van der Waals surface area (Å²) in [6, 6.07) is -0.146. The lowest BCUT2D eigenvalue weighted by atomic mass is 10.0. The zero-order chi connectivity index (χ0) is 14.3. The molecule has 1 aliphatic carbocycles. The summed E-state index contributed by atoms with van der Waals surface area (Å²) in [5.74, 6) is -0.556. The summed E-state index contributed by atoms with van der Waals surface area (Å²) in [5, 5.41) is 6.16. The molecule has 0 radical (unpaired) electrons. The highest BCUT2D eigenvalue weighted by Gasteiger charge is 2.29. The van der Waals surface area contributed by atoms with Gasteiger partial charge in [-0.15, -0.1) is 0 Å². The van der Waals surface area contributed by atoms with E-state index in [0.29, 0.717) is 25.5 Å². The van der Waals surface area contributed by atoms with Crippen molar-refractivity contribution in [2.75, 3.05) is 13.7 Å². The summed E-state index contributed by atoms with van der Waals surface area (Å²) in [6.07, 6.45) is 4.29. The number of carbonyl (C=O) groups is 2. The lowest BCUT2D eigenvalue weighted by Gasteiger charge is -2.18. The molecule has 0 aromatic rings. The molecule has 0 saturated heterocycles. The second kappa shape index (κ2) is 8.12. The predicted octanol–water partition coefficient (Wildman–Crippen LogP) is -0.0863. The third-order valence-corrected chi connectivity index (χ3v) is 3.26. The topological polar surface area (TPSA) is 93.4 Å². The third kappa shape index (κ3) is 6.02. The summed E-state index contributed by atoms with van der Waals surface area (Å²) in [5.41, 5.74) is 5.25. The summed E-state index contributed by atoms with van der Waals surface area (Å²) in [6.45, 7) is 2.19. The van der Waals surface area contributed by atoms with Gasteiger partial charge in [0.25, 0.3) is 0 Å². The van der Waals surface area contributed by atoms with Crippen LogP contribution in [0.25, 0.3) is 0 Å². The minimum atomic E-state index is -0.356. The van der Waals surface area contributed by atoms with Crippen LogP contribution in [-0.2, 0) is 14.3 Å². The van der Waals surface area contributed by atoms with Gasteiger partial charge in [0.2, 0.25) is 5.91 Å². The zero-order valence-electron chi connectivity index (χ0n) is 11.8. The van der Waals surface area contributed by atoms with Crippen LogP contribution in [0.15, 0.2) is 0 Å². The van der Waals surface area contributed by atoms with Gasteiger partial charge in [-0.05, 0) is 46.1 Å². The van der Waals surface area contributed by atoms with Crippen molar-refractivity contribution in [3.8, 4) is 0 Å². The SMILES string of the molecule is CCOC(=O)C(CCCC(NC)C(N)=O)NC1CC1. The number of hydrogen-bond donors (Lipinski definition) is 3. The van der Waals surface area contributed by atoms with Crippen molar-refractivity contribution in [1.82, 2.24) is 10.6 Å². The molecule has 1 rings (SSSR count). The van der Waals surface area contributed by atoms with Crippen LogP contribution >= 0.6 is 0 Å². The molecule has 1 aliphatic rings. The molecule has 0 spiro atoms. The first-order chi connectivity index (χ1) is 9.08. The molecule has 4 N–H and O–H groups in total.